The number of anilines is 1. The number of nitrogens with one attached hydrogen (secondary N) is 1. The Hall–Kier alpha value is -1.97. The summed E-state index contributed by atoms with van der Waals surface area (Å²) in [6.07, 6.45) is 1.37. The van der Waals surface area contributed by atoms with Crippen molar-refractivity contribution in [3.8, 4) is 0 Å². The average molecular weight is 379 g/mol. The third-order valence-electron chi connectivity index (χ3n) is 4.13. The summed E-state index contributed by atoms with van der Waals surface area (Å²) >= 11 is 0. The summed E-state index contributed by atoms with van der Waals surface area (Å²) in [7, 11) is 0. The summed E-state index contributed by atoms with van der Waals surface area (Å²) in [5.41, 5.74) is 5.35. The summed E-state index contributed by atoms with van der Waals surface area (Å²) in [6, 6.07) is 0. The van der Waals surface area contributed by atoms with E-state index in [4.69, 9.17) is 19.9 Å². The van der Waals surface area contributed by atoms with Crippen molar-refractivity contribution in [3.63, 3.8) is 0 Å². The first-order chi connectivity index (χ1) is 12.4. The minimum Gasteiger partial charge on any atom is -0.373 e. The van der Waals surface area contributed by atoms with Crippen LogP contribution in [0.5, 0.6) is 0 Å². The Morgan fingerprint density at radius 3 is 2.63 bits per heavy atom. The molecule has 0 saturated carbocycles. The molecular formula is C18H29N5O4. The van der Waals surface area contributed by atoms with Gasteiger partial charge >= 0.3 is 0 Å². The Kier molecular flexibility index (Phi) is 5.04. The van der Waals surface area contributed by atoms with E-state index >= 15 is 0 Å². The van der Waals surface area contributed by atoms with Crippen LogP contribution in [0.3, 0.4) is 0 Å². The standard InChI is InChI=1S/C18H29N5O4/c1-17(2,3)25-8-11-10(27-18(4,5)6)7-12(26-11)23-9-20-13-14(23)21-16(19)22-15(13)24/h9-12H,7-8H2,1-6H3,(H3,19,21,22,24)/t10?,11-,12-/m1/s1. The van der Waals surface area contributed by atoms with Gasteiger partial charge in [-0.05, 0) is 41.5 Å². The molecule has 1 aliphatic rings. The molecule has 1 aliphatic heterocycles. The van der Waals surface area contributed by atoms with Crippen LogP contribution >= 0.6 is 0 Å². The van der Waals surface area contributed by atoms with Gasteiger partial charge in [0.05, 0.1) is 30.2 Å². The lowest BCUT2D eigenvalue weighted by Gasteiger charge is -2.29. The second-order valence-electron chi connectivity index (χ2n) is 8.83. The zero-order chi connectivity index (χ0) is 20.0. The van der Waals surface area contributed by atoms with Crippen molar-refractivity contribution in [2.24, 2.45) is 0 Å². The van der Waals surface area contributed by atoms with Crippen LogP contribution in [0.25, 0.3) is 11.2 Å². The van der Waals surface area contributed by atoms with Crippen LogP contribution in [0.15, 0.2) is 11.1 Å². The molecule has 9 nitrogen and oxygen atoms in total. The Morgan fingerprint density at radius 1 is 1.30 bits per heavy atom. The van der Waals surface area contributed by atoms with Gasteiger partial charge in [-0.25, -0.2) is 4.98 Å². The number of hydrogen-bond acceptors (Lipinski definition) is 7. The van der Waals surface area contributed by atoms with E-state index < -0.39 is 0 Å². The Balaban J connectivity index is 1.87. The van der Waals surface area contributed by atoms with E-state index in [-0.39, 0.29) is 46.7 Å². The van der Waals surface area contributed by atoms with Crippen molar-refractivity contribution in [1.29, 1.82) is 0 Å². The monoisotopic (exact) mass is 379 g/mol. The molecule has 3 heterocycles. The molecule has 0 spiro atoms. The highest BCUT2D eigenvalue weighted by Gasteiger charge is 2.40. The lowest BCUT2D eigenvalue weighted by molar-refractivity contribution is -0.132. The van der Waals surface area contributed by atoms with Crippen LogP contribution in [-0.4, -0.2) is 49.5 Å². The largest absolute Gasteiger partial charge is 0.373 e. The van der Waals surface area contributed by atoms with Gasteiger partial charge in [-0.3, -0.25) is 14.3 Å². The summed E-state index contributed by atoms with van der Waals surface area (Å²) in [5.74, 6) is 0.0438. The van der Waals surface area contributed by atoms with Gasteiger partial charge in [0, 0.05) is 6.42 Å². The predicted molar refractivity (Wildman–Crippen MR) is 101 cm³/mol. The van der Waals surface area contributed by atoms with Gasteiger partial charge in [-0.2, -0.15) is 4.98 Å². The van der Waals surface area contributed by atoms with Crippen molar-refractivity contribution in [3.05, 3.63) is 16.7 Å². The number of ether oxygens (including phenoxy) is 3. The molecule has 0 bridgehead atoms. The van der Waals surface area contributed by atoms with Crippen LogP contribution in [0.2, 0.25) is 0 Å². The zero-order valence-corrected chi connectivity index (χ0v) is 16.8. The molecule has 2 aromatic rings. The molecule has 1 fully saturated rings. The number of nitrogens with zero attached hydrogens (tertiary/aromatic N) is 3. The van der Waals surface area contributed by atoms with Crippen molar-refractivity contribution in [2.45, 2.75) is 77.6 Å². The summed E-state index contributed by atoms with van der Waals surface area (Å²) in [5, 5.41) is 0. The minimum absolute atomic E-state index is 0.0438. The summed E-state index contributed by atoms with van der Waals surface area (Å²) in [6.45, 7) is 12.4. The highest BCUT2D eigenvalue weighted by Crippen LogP contribution is 2.35. The average Bonchev–Trinajstić information content (AvgIpc) is 3.06. The van der Waals surface area contributed by atoms with Crippen LogP contribution in [0.1, 0.15) is 54.2 Å². The molecule has 1 saturated heterocycles. The number of hydrogen-bond donors (Lipinski definition) is 2. The first-order valence-electron chi connectivity index (χ1n) is 9.12. The van der Waals surface area contributed by atoms with Gasteiger partial charge in [0.15, 0.2) is 11.2 Å². The maximum absolute atomic E-state index is 12.0. The number of H-pyrrole nitrogens is 1. The molecule has 2 aromatic heterocycles. The van der Waals surface area contributed by atoms with Gasteiger partial charge in [-0.1, -0.05) is 0 Å². The Labute approximate surface area is 158 Å². The highest BCUT2D eigenvalue weighted by molar-refractivity contribution is 5.70. The number of nitrogen functional groups attached to an aromatic ring is 1. The molecule has 0 aromatic carbocycles. The first kappa shape index (κ1) is 19.8. The Morgan fingerprint density at radius 2 is 2.00 bits per heavy atom. The van der Waals surface area contributed by atoms with Crippen molar-refractivity contribution >= 4 is 17.1 Å². The third-order valence-corrected chi connectivity index (χ3v) is 4.13. The fourth-order valence-corrected chi connectivity index (χ4v) is 3.09. The predicted octanol–water partition coefficient (Wildman–Crippen LogP) is 1.99. The van der Waals surface area contributed by atoms with Gasteiger partial charge in [0.25, 0.3) is 5.56 Å². The number of imidazole rings is 1. The SMILES string of the molecule is CC(C)(C)OC[C@H]1O[C@@H](n2cnc3c(=O)[nH]c(N)nc32)CC1OC(C)(C)C. The van der Waals surface area contributed by atoms with Crippen molar-refractivity contribution < 1.29 is 14.2 Å². The van der Waals surface area contributed by atoms with Gasteiger partial charge in [-0.15, -0.1) is 0 Å². The fourth-order valence-electron chi connectivity index (χ4n) is 3.09. The van der Waals surface area contributed by atoms with Gasteiger partial charge in [0.1, 0.15) is 12.3 Å². The molecule has 27 heavy (non-hydrogen) atoms. The highest BCUT2D eigenvalue weighted by atomic mass is 16.6. The number of fused-ring (bicyclic) bond motifs is 1. The molecule has 9 heteroatoms. The van der Waals surface area contributed by atoms with Crippen LogP contribution in [0, 0.1) is 0 Å². The second kappa shape index (κ2) is 6.88. The Bertz CT molecular complexity index is 861. The lowest BCUT2D eigenvalue weighted by atomic mass is 10.1. The van der Waals surface area contributed by atoms with E-state index in [1.165, 1.54) is 0 Å². The van der Waals surface area contributed by atoms with E-state index in [1.807, 2.05) is 41.5 Å². The molecule has 3 rings (SSSR count). The smallest absolute Gasteiger partial charge is 0.280 e. The summed E-state index contributed by atoms with van der Waals surface area (Å²) in [4.78, 5) is 22.9. The number of aromatic amines is 1. The van der Waals surface area contributed by atoms with Crippen molar-refractivity contribution in [2.75, 3.05) is 12.3 Å². The van der Waals surface area contributed by atoms with Crippen molar-refractivity contribution in [1.82, 2.24) is 19.5 Å². The molecule has 0 radical (unpaired) electrons. The quantitative estimate of drug-likeness (QED) is 0.834. The van der Waals surface area contributed by atoms with Crippen LogP contribution in [0.4, 0.5) is 5.95 Å². The normalized spacial score (nSPS) is 24.0. The molecule has 1 unspecified atom stereocenters. The zero-order valence-electron chi connectivity index (χ0n) is 16.8. The third kappa shape index (κ3) is 4.66. The minimum atomic E-state index is -0.371. The molecular weight excluding hydrogens is 350 g/mol. The first-order valence-corrected chi connectivity index (χ1v) is 9.12. The molecule has 3 atom stereocenters. The van der Waals surface area contributed by atoms with Crippen LogP contribution < -0.4 is 11.3 Å². The van der Waals surface area contributed by atoms with Crippen LogP contribution in [-0.2, 0) is 14.2 Å². The van der Waals surface area contributed by atoms with E-state index in [2.05, 4.69) is 15.0 Å². The molecule has 150 valence electrons. The maximum Gasteiger partial charge on any atom is 0.280 e. The van der Waals surface area contributed by atoms with E-state index in [9.17, 15) is 4.79 Å². The van der Waals surface area contributed by atoms with Gasteiger partial charge < -0.3 is 19.9 Å². The number of rotatable bonds is 4. The molecule has 0 aliphatic carbocycles. The fraction of sp³-hybridized carbons (Fsp3) is 0.722. The molecule has 3 N–H and O–H groups in total. The van der Waals surface area contributed by atoms with E-state index in [0.29, 0.717) is 18.7 Å². The second-order valence-corrected chi connectivity index (χ2v) is 8.83. The number of aromatic nitrogens is 4. The lowest BCUT2D eigenvalue weighted by Crippen LogP contribution is -2.37. The van der Waals surface area contributed by atoms with E-state index in [0.717, 1.165) is 0 Å². The summed E-state index contributed by atoms with van der Waals surface area (Å²) < 4.78 is 20.1. The topological polar surface area (TPSA) is 117 Å². The number of nitrogens with two attached hydrogens (primary N) is 1. The maximum atomic E-state index is 12.0. The van der Waals surface area contributed by atoms with E-state index in [1.54, 1.807) is 10.9 Å². The van der Waals surface area contributed by atoms with Gasteiger partial charge in [0.2, 0.25) is 5.95 Å². The molecule has 0 amide bonds.